The first-order valence-corrected chi connectivity index (χ1v) is 10.6. The molecule has 3 N–H and O–H groups in total. The van der Waals surface area contributed by atoms with Crippen molar-refractivity contribution >= 4 is 22.6 Å². The fourth-order valence-electron chi connectivity index (χ4n) is 3.56. The van der Waals surface area contributed by atoms with Crippen molar-refractivity contribution in [3.05, 3.63) is 87.6 Å². The van der Waals surface area contributed by atoms with Crippen molar-refractivity contribution in [2.45, 2.75) is 33.4 Å². The van der Waals surface area contributed by atoms with Crippen molar-refractivity contribution < 1.29 is 4.79 Å². The molecule has 0 aliphatic heterocycles. The van der Waals surface area contributed by atoms with Crippen LogP contribution in [0.25, 0.3) is 10.9 Å². The Kier molecular flexibility index (Phi) is 6.30. The van der Waals surface area contributed by atoms with Crippen LogP contribution in [-0.4, -0.2) is 32.2 Å². The Labute approximate surface area is 185 Å². The molecule has 0 aliphatic rings. The molecule has 32 heavy (non-hydrogen) atoms. The number of carbonyl (C=O) groups excluding carboxylic acids is 1. The first-order chi connectivity index (χ1) is 15.5. The maximum atomic E-state index is 12.8. The van der Waals surface area contributed by atoms with Gasteiger partial charge in [-0.3, -0.25) is 19.3 Å². The Morgan fingerprint density at radius 2 is 1.91 bits per heavy atom. The average Bonchev–Trinajstić information content (AvgIpc) is 3.17. The first kappa shape index (κ1) is 21.3. The summed E-state index contributed by atoms with van der Waals surface area (Å²) in [6, 6.07) is 15.9. The number of aryl methyl sites for hydroxylation is 2. The van der Waals surface area contributed by atoms with Crippen LogP contribution < -0.4 is 16.2 Å². The zero-order valence-electron chi connectivity index (χ0n) is 18.2. The quantitative estimate of drug-likeness (QED) is 0.399. The second-order valence-corrected chi connectivity index (χ2v) is 7.78. The SMILES string of the molecule is Cc1[nH]nc2cc(CNC(=O)Cn3c(C)cnc(NCCc4ccccc4)c3=O)ccc12. The van der Waals surface area contributed by atoms with Crippen molar-refractivity contribution in [2.75, 3.05) is 11.9 Å². The maximum Gasteiger partial charge on any atom is 0.293 e. The highest BCUT2D eigenvalue weighted by atomic mass is 16.2. The van der Waals surface area contributed by atoms with E-state index >= 15 is 0 Å². The third kappa shape index (κ3) is 4.85. The van der Waals surface area contributed by atoms with E-state index in [-0.39, 0.29) is 23.8 Å². The molecule has 0 saturated carbocycles. The summed E-state index contributed by atoms with van der Waals surface area (Å²) in [5.74, 6) is 0.00799. The number of hydrogen-bond acceptors (Lipinski definition) is 5. The fraction of sp³-hybridized carbons (Fsp3) is 0.250. The lowest BCUT2D eigenvalue weighted by molar-refractivity contribution is -0.121. The van der Waals surface area contributed by atoms with Crippen LogP contribution >= 0.6 is 0 Å². The molecule has 0 radical (unpaired) electrons. The van der Waals surface area contributed by atoms with Crippen molar-refractivity contribution in [3.8, 4) is 0 Å². The van der Waals surface area contributed by atoms with Gasteiger partial charge in [-0.2, -0.15) is 5.10 Å². The number of carbonyl (C=O) groups is 1. The largest absolute Gasteiger partial charge is 0.365 e. The van der Waals surface area contributed by atoms with Gasteiger partial charge in [0.1, 0.15) is 6.54 Å². The molecule has 4 aromatic rings. The van der Waals surface area contributed by atoms with Crippen molar-refractivity contribution in [1.82, 2.24) is 25.1 Å². The number of H-pyrrole nitrogens is 1. The Morgan fingerprint density at radius 1 is 1.09 bits per heavy atom. The molecule has 0 fully saturated rings. The predicted molar refractivity (Wildman–Crippen MR) is 125 cm³/mol. The highest BCUT2D eigenvalue weighted by Gasteiger charge is 2.12. The zero-order valence-corrected chi connectivity index (χ0v) is 18.2. The van der Waals surface area contributed by atoms with Crippen LogP contribution in [0.3, 0.4) is 0 Å². The summed E-state index contributed by atoms with van der Waals surface area (Å²) in [5.41, 5.74) is 4.32. The molecule has 164 valence electrons. The smallest absolute Gasteiger partial charge is 0.293 e. The number of nitrogens with zero attached hydrogens (tertiary/aromatic N) is 3. The molecule has 4 rings (SSSR count). The molecular formula is C24H26N6O2. The number of nitrogens with one attached hydrogen (secondary N) is 3. The first-order valence-electron chi connectivity index (χ1n) is 10.6. The lowest BCUT2D eigenvalue weighted by Gasteiger charge is -2.13. The lowest BCUT2D eigenvalue weighted by atomic mass is 10.1. The number of amides is 1. The predicted octanol–water partition coefficient (Wildman–Crippen LogP) is 2.71. The molecular weight excluding hydrogens is 404 g/mol. The van der Waals surface area contributed by atoms with E-state index in [2.05, 4.69) is 25.8 Å². The lowest BCUT2D eigenvalue weighted by Crippen LogP contribution is -2.34. The van der Waals surface area contributed by atoms with Crippen molar-refractivity contribution in [1.29, 1.82) is 0 Å². The van der Waals surface area contributed by atoms with E-state index in [1.165, 1.54) is 10.1 Å². The third-order valence-electron chi connectivity index (χ3n) is 5.40. The molecule has 0 unspecified atom stereocenters. The summed E-state index contributed by atoms with van der Waals surface area (Å²) < 4.78 is 1.44. The van der Waals surface area contributed by atoms with Gasteiger partial charge in [0.15, 0.2) is 5.82 Å². The number of benzene rings is 2. The van der Waals surface area contributed by atoms with Crippen LogP contribution in [0.15, 0.2) is 59.5 Å². The molecule has 8 heteroatoms. The summed E-state index contributed by atoms with van der Waals surface area (Å²) in [6.45, 7) is 4.61. The van der Waals surface area contributed by atoms with Gasteiger partial charge in [-0.15, -0.1) is 0 Å². The molecule has 2 aromatic carbocycles. The van der Waals surface area contributed by atoms with Crippen LogP contribution in [0.1, 0.15) is 22.5 Å². The number of hydrogen-bond donors (Lipinski definition) is 3. The van der Waals surface area contributed by atoms with Crippen LogP contribution in [0.4, 0.5) is 5.82 Å². The van der Waals surface area contributed by atoms with Gasteiger partial charge in [-0.1, -0.05) is 42.5 Å². The molecule has 0 bridgehead atoms. The van der Waals surface area contributed by atoms with Crippen molar-refractivity contribution in [2.24, 2.45) is 0 Å². The summed E-state index contributed by atoms with van der Waals surface area (Å²) in [5, 5.41) is 14.2. The van der Waals surface area contributed by atoms with Gasteiger partial charge in [0.05, 0.1) is 5.52 Å². The second-order valence-electron chi connectivity index (χ2n) is 7.78. The molecule has 2 aromatic heterocycles. The second kappa shape index (κ2) is 9.47. The average molecular weight is 431 g/mol. The minimum absolute atomic E-state index is 0.0652. The zero-order chi connectivity index (χ0) is 22.5. The number of aromatic amines is 1. The Balaban J connectivity index is 1.37. The highest BCUT2D eigenvalue weighted by molar-refractivity contribution is 5.82. The Bertz CT molecular complexity index is 1290. The van der Waals surface area contributed by atoms with Crippen LogP contribution in [0, 0.1) is 13.8 Å². The van der Waals surface area contributed by atoms with E-state index in [4.69, 9.17) is 0 Å². The van der Waals surface area contributed by atoms with E-state index in [0.717, 1.165) is 28.6 Å². The third-order valence-corrected chi connectivity index (χ3v) is 5.40. The van der Waals surface area contributed by atoms with E-state index in [1.54, 1.807) is 13.1 Å². The van der Waals surface area contributed by atoms with E-state index in [9.17, 15) is 9.59 Å². The van der Waals surface area contributed by atoms with Crippen LogP contribution in [0.5, 0.6) is 0 Å². The van der Waals surface area contributed by atoms with Gasteiger partial charge < -0.3 is 10.6 Å². The minimum Gasteiger partial charge on any atom is -0.365 e. The Morgan fingerprint density at radius 3 is 2.72 bits per heavy atom. The number of aromatic nitrogens is 4. The van der Waals surface area contributed by atoms with E-state index in [1.807, 2.05) is 55.5 Å². The van der Waals surface area contributed by atoms with Crippen molar-refractivity contribution in [3.63, 3.8) is 0 Å². The van der Waals surface area contributed by atoms with Gasteiger partial charge in [-0.25, -0.2) is 4.98 Å². The Hall–Kier alpha value is -3.94. The van der Waals surface area contributed by atoms with Gasteiger partial charge in [0, 0.05) is 36.1 Å². The summed E-state index contributed by atoms with van der Waals surface area (Å²) in [7, 11) is 0. The van der Waals surface area contributed by atoms with Gasteiger partial charge in [0.2, 0.25) is 5.91 Å². The van der Waals surface area contributed by atoms with E-state index in [0.29, 0.717) is 18.8 Å². The standard InChI is InChI=1S/C24H26N6O2/c1-16-13-27-23(25-11-10-18-6-4-3-5-7-18)24(32)30(16)15-22(31)26-14-19-8-9-20-17(2)28-29-21(20)12-19/h3-9,12-13H,10-11,14-15H2,1-2H3,(H,25,27)(H,26,31)(H,28,29). The fourth-order valence-corrected chi connectivity index (χ4v) is 3.56. The molecule has 0 spiro atoms. The highest BCUT2D eigenvalue weighted by Crippen LogP contribution is 2.16. The topological polar surface area (TPSA) is 105 Å². The van der Waals surface area contributed by atoms with Gasteiger partial charge >= 0.3 is 0 Å². The van der Waals surface area contributed by atoms with Gasteiger partial charge in [0.25, 0.3) is 5.56 Å². The molecule has 1 amide bonds. The number of anilines is 1. The summed E-state index contributed by atoms with van der Waals surface area (Å²) in [6.07, 6.45) is 2.38. The molecule has 0 saturated heterocycles. The molecule has 2 heterocycles. The number of rotatable bonds is 8. The summed E-state index contributed by atoms with van der Waals surface area (Å²) in [4.78, 5) is 29.6. The summed E-state index contributed by atoms with van der Waals surface area (Å²) >= 11 is 0. The van der Waals surface area contributed by atoms with Gasteiger partial charge in [-0.05, 0) is 37.5 Å². The molecule has 8 nitrogen and oxygen atoms in total. The van der Waals surface area contributed by atoms with E-state index < -0.39 is 0 Å². The molecule has 0 aliphatic carbocycles. The van der Waals surface area contributed by atoms with Crippen LogP contribution in [0.2, 0.25) is 0 Å². The molecule has 0 atom stereocenters. The van der Waals surface area contributed by atoms with Crippen LogP contribution in [-0.2, 0) is 24.3 Å². The minimum atomic E-state index is -0.304. The normalized spacial score (nSPS) is 10.9. The monoisotopic (exact) mass is 430 g/mol. The number of fused-ring (bicyclic) bond motifs is 1. The maximum absolute atomic E-state index is 12.8.